The monoisotopic (exact) mass is 421 g/mol. The molecule has 1 aliphatic rings. The maximum atomic E-state index is 11.9. The molecule has 0 bridgehead atoms. The Morgan fingerprint density at radius 3 is 2.58 bits per heavy atom. The van der Waals surface area contributed by atoms with E-state index in [2.05, 4.69) is 16.6 Å². The average Bonchev–Trinajstić information content (AvgIpc) is 2.29. The molecule has 0 saturated carbocycles. The molecule has 0 aromatic heterocycles. The SMILES string of the molecule is CN=C(NCCSC)N1CCS(=O)(=O)C(C)(C)C1.I. The van der Waals surface area contributed by atoms with Gasteiger partial charge in [-0.05, 0) is 20.1 Å². The molecule has 8 heteroatoms. The first-order valence-corrected chi connectivity index (χ1v) is 9.05. The summed E-state index contributed by atoms with van der Waals surface area (Å²) < 4.78 is 23.2. The zero-order valence-corrected chi connectivity index (χ0v) is 15.9. The maximum absolute atomic E-state index is 11.9. The molecule has 0 radical (unpaired) electrons. The van der Waals surface area contributed by atoms with Gasteiger partial charge in [0.05, 0.1) is 10.5 Å². The standard InChI is InChI=1S/C11H23N3O2S2.HI/c1-11(2)9-14(6-8-18(11,15)16)10(12-3)13-5-7-17-4;/h5-9H2,1-4H3,(H,12,13);1H. The van der Waals surface area contributed by atoms with E-state index >= 15 is 0 Å². The van der Waals surface area contributed by atoms with Gasteiger partial charge in [-0.25, -0.2) is 8.42 Å². The molecule has 0 spiro atoms. The topological polar surface area (TPSA) is 61.8 Å². The number of halogens is 1. The molecule has 5 nitrogen and oxygen atoms in total. The van der Waals surface area contributed by atoms with Gasteiger partial charge in [-0.2, -0.15) is 11.8 Å². The molecule has 1 fully saturated rings. The lowest BCUT2D eigenvalue weighted by atomic mass is 10.2. The Morgan fingerprint density at radius 1 is 1.47 bits per heavy atom. The summed E-state index contributed by atoms with van der Waals surface area (Å²) in [5, 5.41) is 3.27. The van der Waals surface area contributed by atoms with Crippen LogP contribution in [0.25, 0.3) is 0 Å². The first kappa shape index (κ1) is 19.3. The first-order valence-electron chi connectivity index (χ1n) is 6.01. The predicted molar refractivity (Wildman–Crippen MR) is 94.6 cm³/mol. The molecule has 1 saturated heterocycles. The summed E-state index contributed by atoms with van der Waals surface area (Å²) in [7, 11) is -1.26. The lowest BCUT2D eigenvalue weighted by Crippen LogP contribution is -2.57. The largest absolute Gasteiger partial charge is 0.355 e. The van der Waals surface area contributed by atoms with E-state index in [9.17, 15) is 8.42 Å². The predicted octanol–water partition coefficient (Wildman–Crippen LogP) is 1.05. The number of hydrogen-bond donors (Lipinski definition) is 1. The first-order chi connectivity index (χ1) is 8.34. The summed E-state index contributed by atoms with van der Waals surface area (Å²) in [6.07, 6.45) is 2.06. The number of aliphatic imine (C=N–C) groups is 1. The molecule has 1 aliphatic heterocycles. The van der Waals surface area contributed by atoms with E-state index < -0.39 is 14.6 Å². The average molecular weight is 421 g/mol. The summed E-state index contributed by atoms with van der Waals surface area (Å²) in [5.74, 6) is 2.00. The molecule has 1 heterocycles. The van der Waals surface area contributed by atoms with Gasteiger partial charge in [0.15, 0.2) is 15.8 Å². The third-order valence-electron chi connectivity index (χ3n) is 3.14. The van der Waals surface area contributed by atoms with E-state index in [1.807, 2.05) is 4.90 Å². The summed E-state index contributed by atoms with van der Waals surface area (Å²) in [6.45, 7) is 5.42. The lowest BCUT2D eigenvalue weighted by molar-refractivity contribution is 0.354. The number of nitrogens with zero attached hydrogens (tertiary/aromatic N) is 2. The lowest BCUT2D eigenvalue weighted by Gasteiger charge is -2.39. The molecule has 0 unspecified atom stereocenters. The summed E-state index contributed by atoms with van der Waals surface area (Å²) >= 11 is 1.77. The third kappa shape index (κ3) is 4.96. The van der Waals surface area contributed by atoms with Crippen LogP contribution in [0.4, 0.5) is 0 Å². The normalized spacial score (nSPS) is 21.7. The van der Waals surface area contributed by atoms with Crippen LogP contribution in [0.3, 0.4) is 0 Å². The second kappa shape index (κ2) is 7.92. The minimum absolute atomic E-state index is 0. The Morgan fingerprint density at radius 2 is 2.11 bits per heavy atom. The quantitative estimate of drug-likeness (QED) is 0.320. The fourth-order valence-corrected chi connectivity index (χ4v) is 3.59. The highest BCUT2D eigenvalue weighted by Gasteiger charge is 2.40. The Labute approximate surface area is 137 Å². The molecule has 1 N–H and O–H groups in total. The van der Waals surface area contributed by atoms with Crippen molar-refractivity contribution in [2.45, 2.75) is 18.6 Å². The van der Waals surface area contributed by atoms with Crippen molar-refractivity contribution in [2.75, 3.05) is 44.4 Å². The number of nitrogens with one attached hydrogen (secondary N) is 1. The Hall–Kier alpha value is 0.300. The second-order valence-electron chi connectivity index (χ2n) is 4.97. The molecule has 1 rings (SSSR count). The van der Waals surface area contributed by atoms with Crippen molar-refractivity contribution in [3.8, 4) is 0 Å². The summed E-state index contributed by atoms with van der Waals surface area (Å²) in [5.41, 5.74) is 0. The highest BCUT2D eigenvalue weighted by Crippen LogP contribution is 2.23. The van der Waals surface area contributed by atoms with Crippen molar-refractivity contribution >= 4 is 51.5 Å². The summed E-state index contributed by atoms with van der Waals surface area (Å²) in [6, 6.07) is 0. The molecule has 0 amide bonds. The van der Waals surface area contributed by atoms with Gasteiger partial charge >= 0.3 is 0 Å². The number of hydrogen-bond acceptors (Lipinski definition) is 4. The molecule has 0 atom stereocenters. The Bertz CT molecular complexity index is 410. The highest BCUT2D eigenvalue weighted by molar-refractivity contribution is 14.0. The van der Waals surface area contributed by atoms with Crippen LogP contribution in [0.2, 0.25) is 0 Å². The van der Waals surface area contributed by atoms with Gasteiger partial charge in [0, 0.05) is 32.4 Å². The minimum atomic E-state index is -2.99. The number of rotatable bonds is 3. The van der Waals surface area contributed by atoms with Crippen LogP contribution in [0.5, 0.6) is 0 Å². The Kier molecular flexibility index (Phi) is 8.04. The van der Waals surface area contributed by atoms with E-state index in [-0.39, 0.29) is 29.7 Å². The van der Waals surface area contributed by atoms with Crippen molar-refractivity contribution in [3.63, 3.8) is 0 Å². The highest BCUT2D eigenvalue weighted by atomic mass is 127. The van der Waals surface area contributed by atoms with Crippen LogP contribution >= 0.6 is 35.7 Å². The number of guanidine groups is 1. The van der Waals surface area contributed by atoms with Gasteiger partial charge in [0.2, 0.25) is 0 Å². The smallest absolute Gasteiger partial charge is 0.193 e. The van der Waals surface area contributed by atoms with E-state index in [0.717, 1.165) is 18.3 Å². The van der Waals surface area contributed by atoms with Crippen LogP contribution in [-0.2, 0) is 9.84 Å². The van der Waals surface area contributed by atoms with Crippen LogP contribution in [0.15, 0.2) is 4.99 Å². The molecular weight excluding hydrogens is 397 g/mol. The minimum Gasteiger partial charge on any atom is -0.355 e. The number of thioether (sulfide) groups is 1. The maximum Gasteiger partial charge on any atom is 0.193 e. The van der Waals surface area contributed by atoms with E-state index in [1.54, 1.807) is 32.7 Å². The molecule has 0 aromatic rings. The fourth-order valence-electron chi connectivity index (χ4n) is 1.92. The van der Waals surface area contributed by atoms with Gasteiger partial charge in [-0.15, -0.1) is 24.0 Å². The van der Waals surface area contributed by atoms with E-state index in [4.69, 9.17) is 0 Å². The van der Waals surface area contributed by atoms with Gasteiger partial charge in [0.1, 0.15) is 0 Å². The molecule has 19 heavy (non-hydrogen) atoms. The zero-order valence-electron chi connectivity index (χ0n) is 12.0. The van der Waals surface area contributed by atoms with Gasteiger partial charge in [0.25, 0.3) is 0 Å². The van der Waals surface area contributed by atoms with E-state index in [0.29, 0.717) is 13.1 Å². The van der Waals surface area contributed by atoms with Crippen molar-refractivity contribution in [3.05, 3.63) is 0 Å². The third-order valence-corrected chi connectivity index (χ3v) is 6.29. The fraction of sp³-hybridized carbons (Fsp3) is 0.909. The van der Waals surface area contributed by atoms with Crippen molar-refractivity contribution < 1.29 is 8.42 Å². The molecule has 0 aromatic carbocycles. The van der Waals surface area contributed by atoms with Gasteiger partial charge < -0.3 is 10.2 Å². The van der Waals surface area contributed by atoms with Crippen molar-refractivity contribution in [1.29, 1.82) is 0 Å². The van der Waals surface area contributed by atoms with Gasteiger partial charge in [-0.1, -0.05) is 0 Å². The molecular formula is C11H24IN3O2S2. The molecule has 114 valence electrons. The van der Waals surface area contributed by atoms with Crippen LogP contribution < -0.4 is 5.32 Å². The van der Waals surface area contributed by atoms with Crippen LogP contribution in [0, 0.1) is 0 Å². The van der Waals surface area contributed by atoms with E-state index in [1.165, 1.54) is 0 Å². The molecule has 0 aliphatic carbocycles. The second-order valence-corrected chi connectivity index (χ2v) is 8.70. The number of sulfone groups is 1. The van der Waals surface area contributed by atoms with Crippen molar-refractivity contribution in [2.24, 2.45) is 4.99 Å². The van der Waals surface area contributed by atoms with Gasteiger partial charge in [-0.3, -0.25) is 4.99 Å². The van der Waals surface area contributed by atoms with Crippen LogP contribution in [0.1, 0.15) is 13.8 Å². The summed E-state index contributed by atoms with van der Waals surface area (Å²) in [4.78, 5) is 6.25. The zero-order chi connectivity index (χ0) is 13.8. The van der Waals surface area contributed by atoms with Crippen molar-refractivity contribution in [1.82, 2.24) is 10.2 Å². The van der Waals surface area contributed by atoms with Crippen LogP contribution in [-0.4, -0.2) is 68.5 Å². The Balaban J connectivity index is 0.00000324.